The van der Waals surface area contributed by atoms with Crippen LogP contribution in [0.4, 0.5) is 0 Å². The van der Waals surface area contributed by atoms with Gasteiger partial charge in [-0.3, -0.25) is 0 Å². The zero-order valence-corrected chi connectivity index (χ0v) is 11.9. The minimum absolute atomic E-state index is 0.193. The summed E-state index contributed by atoms with van der Waals surface area (Å²) in [4.78, 5) is 0. The molecule has 1 unspecified atom stereocenters. The molecule has 0 radical (unpaired) electrons. The van der Waals surface area contributed by atoms with Gasteiger partial charge in [0.2, 0.25) is 0 Å². The van der Waals surface area contributed by atoms with E-state index in [2.05, 4.69) is 38.1 Å². The maximum absolute atomic E-state index is 5.41. The highest BCUT2D eigenvalue weighted by Gasteiger charge is 2.23. The largest absolute Gasteiger partial charge is 0.354 e. The smallest absolute Gasteiger partial charge is 0.172 e. The molecule has 0 aromatic heterocycles. The van der Waals surface area contributed by atoms with Crippen molar-refractivity contribution in [1.82, 2.24) is 0 Å². The van der Waals surface area contributed by atoms with E-state index in [-0.39, 0.29) is 11.5 Å². The van der Waals surface area contributed by atoms with E-state index in [9.17, 15) is 0 Å². The van der Waals surface area contributed by atoms with Crippen molar-refractivity contribution in [2.24, 2.45) is 5.92 Å². The lowest BCUT2D eigenvalue weighted by molar-refractivity contribution is -0.102. The van der Waals surface area contributed by atoms with Crippen LogP contribution in [0.3, 0.4) is 0 Å². The molecule has 17 heavy (non-hydrogen) atoms. The van der Waals surface area contributed by atoms with Crippen molar-refractivity contribution in [2.45, 2.75) is 25.4 Å². The fraction of sp³-hybridized carbons (Fsp3) is 0.571. The molecule has 0 spiro atoms. The zero-order chi connectivity index (χ0) is 12.7. The number of rotatable bonds is 7. The van der Waals surface area contributed by atoms with E-state index >= 15 is 0 Å². The van der Waals surface area contributed by atoms with Crippen LogP contribution in [0.2, 0.25) is 0 Å². The van der Waals surface area contributed by atoms with Crippen LogP contribution >= 0.6 is 11.8 Å². The topological polar surface area (TPSA) is 18.5 Å². The second-order valence-electron chi connectivity index (χ2n) is 4.40. The van der Waals surface area contributed by atoms with Gasteiger partial charge in [-0.25, -0.2) is 0 Å². The number of hydrogen-bond donors (Lipinski definition) is 0. The van der Waals surface area contributed by atoms with E-state index in [1.54, 1.807) is 14.2 Å². The number of thioether (sulfide) groups is 1. The summed E-state index contributed by atoms with van der Waals surface area (Å²) in [7, 11) is 3.39. The highest BCUT2D eigenvalue weighted by atomic mass is 32.2. The normalized spacial score (nSPS) is 13.3. The average Bonchev–Trinajstić information content (AvgIpc) is 2.35. The number of methoxy groups -OCH3 is 2. The van der Waals surface area contributed by atoms with Crippen molar-refractivity contribution in [3.05, 3.63) is 35.9 Å². The molecule has 0 bridgehead atoms. The van der Waals surface area contributed by atoms with E-state index in [0.717, 1.165) is 5.75 Å². The van der Waals surface area contributed by atoms with E-state index in [1.165, 1.54) is 5.56 Å². The summed E-state index contributed by atoms with van der Waals surface area (Å²) in [6.07, 6.45) is -0.193. The molecule has 1 aromatic rings. The van der Waals surface area contributed by atoms with Crippen molar-refractivity contribution >= 4 is 11.8 Å². The molecule has 0 aliphatic carbocycles. The van der Waals surface area contributed by atoms with Crippen molar-refractivity contribution in [1.29, 1.82) is 0 Å². The van der Waals surface area contributed by atoms with E-state index in [0.29, 0.717) is 5.92 Å². The van der Waals surface area contributed by atoms with Crippen LogP contribution in [0.15, 0.2) is 30.3 Å². The number of hydrogen-bond acceptors (Lipinski definition) is 3. The van der Waals surface area contributed by atoms with Crippen LogP contribution in [-0.2, 0) is 9.47 Å². The predicted molar refractivity (Wildman–Crippen MR) is 74.3 cm³/mol. The van der Waals surface area contributed by atoms with Gasteiger partial charge in [0.05, 0.1) is 5.25 Å². The van der Waals surface area contributed by atoms with Gasteiger partial charge in [-0.1, -0.05) is 44.2 Å². The van der Waals surface area contributed by atoms with Gasteiger partial charge in [-0.05, 0) is 17.2 Å². The molecule has 1 rings (SSSR count). The molecule has 1 aromatic carbocycles. The Kier molecular flexibility index (Phi) is 6.63. The Morgan fingerprint density at radius 2 is 1.65 bits per heavy atom. The predicted octanol–water partition coefficient (Wildman–Crippen LogP) is 3.74. The van der Waals surface area contributed by atoms with Gasteiger partial charge < -0.3 is 9.47 Å². The van der Waals surface area contributed by atoms with E-state index in [1.807, 2.05) is 17.8 Å². The Morgan fingerprint density at radius 3 is 2.12 bits per heavy atom. The van der Waals surface area contributed by atoms with E-state index in [4.69, 9.17) is 9.47 Å². The fourth-order valence-corrected chi connectivity index (χ4v) is 2.94. The van der Waals surface area contributed by atoms with Crippen LogP contribution in [0.1, 0.15) is 24.7 Å². The number of benzene rings is 1. The van der Waals surface area contributed by atoms with Gasteiger partial charge in [0.25, 0.3) is 0 Å². The van der Waals surface area contributed by atoms with Crippen LogP contribution in [0.25, 0.3) is 0 Å². The van der Waals surface area contributed by atoms with Crippen LogP contribution in [0, 0.1) is 5.92 Å². The first-order chi connectivity index (χ1) is 8.19. The molecule has 0 heterocycles. The molecule has 96 valence electrons. The lowest BCUT2D eigenvalue weighted by Crippen LogP contribution is -2.21. The van der Waals surface area contributed by atoms with Gasteiger partial charge in [-0.15, -0.1) is 11.8 Å². The molecule has 0 aliphatic rings. The van der Waals surface area contributed by atoms with Crippen molar-refractivity contribution in [2.75, 3.05) is 20.0 Å². The Balaban J connectivity index is 2.78. The molecule has 2 nitrogen and oxygen atoms in total. The molecule has 1 atom stereocenters. The summed E-state index contributed by atoms with van der Waals surface area (Å²) in [6, 6.07) is 10.4. The first-order valence-electron chi connectivity index (χ1n) is 5.91. The maximum atomic E-state index is 5.41. The summed E-state index contributed by atoms with van der Waals surface area (Å²) in [5, 5.41) is 0.230. The minimum Gasteiger partial charge on any atom is -0.354 e. The van der Waals surface area contributed by atoms with Crippen LogP contribution in [-0.4, -0.2) is 26.3 Å². The molecule has 3 heteroatoms. The molecule has 0 amide bonds. The average molecular weight is 254 g/mol. The van der Waals surface area contributed by atoms with Crippen LogP contribution in [0.5, 0.6) is 0 Å². The van der Waals surface area contributed by atoms with Crippen molar-refractivity contribution in [3.63, 3.8) is 0 Å². The summed E-state index contributed by atoms with van der Waals surface area (Å²) in [5.41, 5.74) is 1.26. The first kappa shape index (κ1) is 14.6. The van der Waals surface area contributed by atoms with Crippen molar-refractivity contribution in [3.8, 4) is 0 Å². The van der Waals surface area contributed by atoms with E-state index < -0.39 is 0 Å². The minimum atomic E-state index is -0.193. The second kappa shape index (κ2) is 7.75. The Labute approximate surface area is 109 Å². The highest BCUT2D eigenvalue weighted by molar-refractivity contribution is 7.99. The molecular formula is C14H22O2S. The third-order valence-corrected chi connectivity index (χ3v) is 4.16. The third-order valence-electron chi connectivity index (χ3n) is 2.45. The molecule has 0 fully saturated rings. The fourth-order valence-electron chi connectivity index (χ4n) is 1.61. The van der Waals surface area contributed by atoms with Gasteiger partial charge >= 0.3 is 0 Å². The summed E-state index contributed by atoms with van der Waals surface area (Å²) < 4.78 is 10.8. The highest BCUT2D eigenvalue weighted by Crippen LogP contribution is 2.34. The van der Waals surface area contributed by atoms with Gasteiger partial charge in [0.1, 0.15) is 0 Å². The maximum Gasteiger partial charge on any atom is 0.172 e. The third kappa shape index (κ3) is 4.70. The monoisotopic (exact) mass is 254 g/mol. The molecule has 0 saturated heterocycles. The van der Waals surface area contributed by atoms with Gasteiger partial charge in [0, 0.05) is 14.2 Å². The van der Waals surface area contributed by atoms with Crippen molar-refractivity contribution < 1.29 is 9.47 Å². The molecule has 0 aliphatic heterocycles. The second-order valence-corrected chi connectivity index (χ2v) is 5.57. The Hall–Kier alpha value is -0.510. The number of ether oxygens (including phenoxy) is 2. The lowest BCUT2D eigenvalue weighted by atomic mass is 10.1. The van der Waals surface area contributed by atoms with Gasteiger partial charge in [0.15, 0.2) is 6.29 Å². The zero-order valence-electron chi connectivity index (χ0n) is 11.1. The standard InChI is InChI=1S/C14H22O2S/c1-11(2)10-17-13(14(15-3)16-4)12-8-6-5-7-9-12/h5-9,11,13-14H,10H2,1-4H3. The molecule has 0 saturated carbocycles. The first-order valence-corrected chi connectivity index (χ1v) is 6.96. The lowest BCUT2D eigenvalue weighted by Gasteiger charge is -2.25. The quantitative estimate of drug-likeness (QED) is 0.691. The summed E-state index contributed by atoms with van der Waals surface area (Å²) in [6.45, 7) is 4.45. The molecular weight excluding hydrogens is 232 g/mol. The SMILES string of the molecule is COC(OC)C(SCC(C)C)c1ccccc1. The Morgan fingerprint density at radius 1 is 1.06 bits per heavy atom. The molecule has 0 N–H and O–H groups in total. The Bertz CT molecular complexity index is 296. The summed E-state index contributed by atoms with van der Waals surface area (Å²) in [5.74, 6) is 1.77. The van der Waals surface area contributed by atoms with Crippen LogP contribution < -0.4 is 0 Å². The van der Waals surface area contributed by atoms with Gasteiger partial charge in [-0.2, -0.15) is 0 Å². The summed E-state index contributed by atoms with van der Waals surface area (Å²) >= 11 is 1.89.